The highest BCUT2D eigenvalue weighted by Crippen LogP contribution is 2.28. The van der Waals surface area contributed by atoms with E-state index in [1.54, 1.807) is 11.8 Å². The van der Waals surface area contributed by atoms with Gasteiger partial charge >= 0.3 is 0 Å². The van der Waals surface area contributed by atoms with Crippen LogP contribution in [0.3, 0.4) is 0 Å². The van der Waals surface area contributed by atoms with Gasteiger partial charge in [-0.05, 0) is 36.6 Å². The molecule has 4 nitrogen and oxygen atoms in total. The van der Waals surface area contributed by atoms with Crippen LogP contribution in [0.5, 0.6) is 0 Å². The lowest BCUT2D eigenvalue weighted by Crippen LogP contribution is -2.35. The van der Waals surface area contributed by atoms with Gasteiger partial charge in [-0.3, -0.25) is 0 Å². The Morgan fingerprint density at radius 2 is 2.26 bits per heavy atom. The Morgan fingerprint density at radius 1 is 1.47 bits per heavy atom. The molecule has 1 aromatic heterocycles. The van der Waals surface area contributed by atoms with Gasteiger partial charge in [0.25, 0.3) is 0 Å². The molecule has 0 aromatic carbocycles. The van der Waals surface area contributed by atoms with E-state index in [0.717, 1.165) is 34.9 Å². The number of thiophene rings is 1. The van der Waals surface area contributed by atoms with E-state index in [9.17, 15) is 8.42 Å². The van der Waals surface area contributed by atoms with Crippen LogP contribution in [-0.2, 0) is 16.6 Å². The van der Waals surface area contributed by atoms with Gasteiger partial charge in [-0.25, -0.2) is 13.1 Å². The van der Waals surface area contributed by atoms with Crippen molar-refractivity contribution in [3.05, 3.63) is 15.8 Å². The Balaban J connectivity index is 2.20. The third kappa shape index (κ3) is 3.72. The van der Waals surface area contributed by atoms with Crippen molar-refractivity contribution in [2.24, 2.45) is 0 Å². The van der Waals surface area contributed by atoms with Gasteiger partial charge in [0.1, 0.15) is 4.90 Å². The van der Waals surface area contributed by atoms with Crippen molar-refractivity contribution in [1.29, 1.82) is 0 Å². The number of rotatable bonds is 6. The quantitative estimate of drug-likeness (QED) is 0.841. The zero-order chi connectivity index (χ0) is 13.9. The van der Waals surface area contributed by atoms with E-state index < -0.39 is 10.0 Å². The van der Waals surface area contributed by atoms with Crippen LogP contribution in [0.2, 0.25) is 0 Å². The average Bonchev–Trinajstić information content (AvgIpc) is 2.95. The van der Waals surface area contributed by atoms with Crippen LogP contribution < -0.4 is 10.0 Å². The summed E-state index contributed by atoms with van der Waals surface area (Å²) in [5, 5.41) is 5.12. The van der Waals surface area contributed by atoms with E-state index in [1.165, 1.54) is 11.3 Å². The third-order valence-electron chi connectivity index (χ3n) is 3.05. The van der Waals surface area contributed by atoms with E-state index in [1.807, 2.05) is 19.2 Å². The highest BCUT2D eigenvalue weighted by atomic mass is 32.2. The molecule has 2 heterocycles. The standard InChI is InChI=1S/C12H20N2O2S3/c1-3-13-6-11-12(9(2)7-18-11)19(15,16)14-10-4-5-17-8-10/h7,10,13-14H,3-6,8H2,1-2H3. The number of hydrogen-bond donors (Lipinski definition) is 2. The maximum absolute atomic E-state index is 12.5. The van der Waals surface area contributed by atoms with Crippen molar-refractivity contribution in [1.82, 2.24) is 10.0 Å². The van der Waals surface area contributed by atoms with Crippen LogP contribution in [-0.4, -0.2) is 32.5 Å². The molecule has 0 bridgehead atoms. The molecule has 1 fully saturated rings. The summed E-state index contributed by atoms with van der Waals surface area (Å²) in [6, 6.07) is 0.0845. The first kappa shape index (κ1) is 15.3. The zero-order valence-electron chi connectivity index (χ0n) is 11.2. The Labute approximate surface area is 123 Å². The summed E-state index contributed by atoms with van der Waals surface area (Å²) in [6.45, 7) is 5.33. The summed E-state index contributed by atoms with van der Waals surface area (Å²) in [6.07, 6.45) is 0.926. The molecule has 7 heteroatoms. The minimum Gasteiger partial charge on any atom is -0.312 e. The second-order valence-electron chi connectivity index (χ2n) is 4.63. The number of thioether (sulfide) groups is 1. The monoisotopic (exact) mass is 320 g/mol. The zero-order valence-corrected chi connectivity index (χ0v) is 13.7. The molecule has 19 heavy (non-hydrogen) atoms. The van der Waals surface area contributed by atoms with Gasteiger partial charge in [0.15, 0.2) is 0 Å². The predicted octanol–water partition coefficient (Wildman–Crippen LogP) is 1.95. The molecule has 2 rings (SSSR count). The lowest BCUT2D eigenvalue weighted by atomic mass is 10.3. The molecule has 0 spiro atoms. The Morgan fingerprint density at radius 3 is 2.89 bits per heavy atom. The summed E-state index contributed by atoms with van der Waals surface area (Å²) in [4.78, 5) is 1.38. The first-order valence-electron chi connectivity index (χ1n) is 6.42. The maximum Gasteiger partial charge on any atom is 0.242 e. The number of sulfonamides is 1. The van der Waals surface area contributed by atoms with Crippen LogP contribution in [0, 0.1) is 6.92 Å². The molecule has 1 atom stereocenters. The lowest BCUT2D eigenvalue weighted by Gasteiger charge is -2.13. The largest absolute Gasteiger partial charge is 0.312 e. The van der Waals surface area contributed by atoms with Crippen molar-refractivity contribution in [3.63, 3.8) is 0 Å². The van der Waals surface area contributed by atoms with Crippen molar-refractivity contribution in [2.75, 3.05) is 18.1 Å². The first-order valence-corrected chi connectivity index (χ1v) is 9.94. The molecule has 1 aromatic rings. The Bertz CT molecular complexity index is 519. The van der Waals surface area contributed by atoms with E-state index in [2.05, 4.69) is 10.0 Å². The number of hydrogen-bond acceptors (Lipinski definition) is 5. The van der Waals surface area contributed by atoms with E-state index in [0.29, 0.717) is 11.4 Å². The van der Waals surface area contributed by atoms with Crippen LogP contribution in [0.1, 0.15) is 23.8 Å². The molecule has 1 aliphatic heterocycles. The molecule has 0 amide bonds. The minimum absolute atomic E-state index is 0.0845. The molecule has 1 aliphatic rings. The fourth-order valence-corrected chi connectivity index (χ4v) is 6.42. The molecule has 108 valence electrons. The van der Waals surface area contributed by atoms with Crippen LogP contribution in [0.4, 0.5) is 0 Å². The molecule has 2 N–H and O–H groups in total. The summed E-state index contributed by atoms with van der Waals surface area (Å²) in [5.74, 6) is 1.92. The maximum atomic E-state index is 12.5. The van der Waals surface area contributed by atoms with Crippen LogP contribution in [0.25, 0.3) is 0 Å². The van der Waals surface area contributed by atoms with E-state index in [-0.39, 0.29) is 6.04 Å². The van der Waals surface area contributed by atoms with Gasteiger partial charge in [0.05, 0.1) is 0 Å². The van der Waals surface area contributed by atoms with E-state index in [4.69, 9.17) is 0 Å². The highest BCUT2D eigenvalue weighted by Gasteiger charge is 2.27. The average molecular weight is 321 g/mol. The second kappa shape index (κ2) is 6.58. The molecule has 0 radical (unpaired) electrons. The molecular weight excluding hydrogens is 300 g/mol. The van der Waals surface area contributed by atoms with Crippen molar-refractivity contribution in [2.45, 2.75) is 37.8 Å². The van der Waals surface area contributed by atoms with Crippen LogP contribution in [0.15, 0.2) is 10.3 Å². The smallest absolute Gasteiger partial charge is 0.242 e. The topological polar surface area (TPSA) is 58.2 Å². The molecule has 1 unspecified atom stereocenters. The van der Waals surface area contributed by atoms with Crippen molar-refractivity contribution >= 4 is 33.1 Å². The third-order valence-corrected chi connectivity index (χ3v) is 7.19. The van der Waals surface area contributed by atoms with Crippen LogP contribution >= 0.6 is 23.1 Å². The fourth-order valence-electron chi connectivity index (χ4n) is 2.11. The SMILES string of the molecule is CCNCc1scc(C)c1S(=O)(=O)NC1CCSC1. The fraction of sp³-hybridized carbons (Fsp3) is 0.667. The molecule has 1 saturated heterocycles. The minimum atomic E-state index is -3.39. The Kier molecular flexibility index (Phi) is 5.30. The highest BCUT2D eigenvalue weighted by molar-refractivity contribution is 7.99. The summed E-state index contributed by atoms with van der Waals surface area (Å²) >= 11 is 3.32. The number of nitrogens with one attached hydrogen (secondary N) is 2. The van der Waals surface area contributed by atoms with Crippen molar-refractivity contribution in [3.8, 4) is 0 Å². The van der Waals surface area contributed by atoms with E-state index >= 15 is 0 Å². The Hall–Kier alpha value is -0.0800. The van der Waals surface area contributed by atoms with Gasteiger partial charge in [0, 0.05) is 23.2 Å². The first-order chi connectivity index (χ1) is 9.04. The van der Waals surface area contributed by atoms with Gasteiger partial charge in [-0.15, -0.1) is 11.3 Å². The summed E-state index contributed by atoms with van der Waals surface area (Å²) in [5.41, 5.74) is 0.844. The molecule has 0 saturated carbocycles. The van der Waals surface area contributed by atoms with Gasteiger partial charge < -0.3 is 5.32 Å². The van der Waals surface area contributed by atoms with Gasteiger partial charge in [-0.1, -0.05) is 6.92 Å². The van der Waals surface area contributed by atoms with Crippen molar-refractivity contribution < 1.29 is 8.42 Å². The molecule has 0 aliphatic carbocycles. The second-order valence-corrected chi connectivity index (χ2v) is 8.40. The summed E-state index contributed by atoms with van der Waals surface area (Å²) < 4.78 is 27.9. The van der Waals surface area contributed by atoms with Gasteiger partial charge in [0.2, 0.25) is 10.0 Å². The summed E-state index contributed by atoms with van der Waals surface area (Å²) in [7, 11) is -3.39. The van der Waals surface area contributed by atoms with Gasteiger partial charge in [-0.2, -0.15) is 11.8 Å². The lowest BCUT2D eigenvalue weighted by molar-refractivity contribution is 0.561. The number of aryl methyl sites for hydroxylation is 1. The molecular formula is C12H20N2O2S3. The normalized spacial score (nSPS) is 20.0. The predicted molar refractivity (Wildman–Crippen MR) is 82.5 cm³/mol.